The third-order valence-electron chi connectivity index (χ3n) is 3.71. The Morgan fingerprint density at radius 3 is 2.53 bits per heavy atom. The molecule has 2 aromatic rings. The summed E-state index contributed by atoms with van der Waals surface area (Å²) in [6.07, 6.45) is 1.27. The lowest BCUT2D eigenvalue weighted by Gasteiger charge is -2.30. The first kappa shape index (κ1) is 12.1. The second-order valence-electron chi connectivity index (χ2n) is 5.03. The lowest BCUT2D eigenvalue weighted by atomic mass is 9.84. The maximum Gasteiger partial charge on any atom is 0.123 e. The highest BCUT2D eigenvalue weighted by Crippen LogP contribution is 2.40. The topological polar surface area (TPSA) is 18.5 Å². The molecule has 1 aliphatic rings. The van der Waals surface area contributed by atoms with Gasteiger partial charge in [0, 0.05) is 11.5 Å². The number of fused-ring (bicyclic) bond motifs is 1. The lowest BCUT2D eigenvalue weighted by molar-refractivity contribution is 0.183. The van der Waals surface area contributed by atoms with E-state index < -0.39 is 0 Å². The van der Waals surface area contributed by atoms with Crippen molar-refractivity contribution in [3.05, 3.63) is 59.7 Å². The van der Waals surface area contributed by atoms with Crippen LogP contribution < -0.4 is 9.47 Å². The van der Waals surface area contributed by atoms with Crippen molar-refractivity contribution >= 4 is 0 Å². The van der Waals surface area contributed by atoms with Crippen molar-refractivity contribution in [1.82, 2.24) is 0 Å². The molecule has 0 fully saturated rings. The van der Waals surface area contributed by atoms with Gasteiger partial charge in [-0.2, -0.15) is 0 Å². The molecule has 2 atom stereocenters. The molecule has 0 spiro atoms. The molecule has 98 valence electrons. The molecule has 2 unspecified atom stereocenters. The van der Waals surface area contributed by atoms with Gasteiger partial charge in [-0.3, -0.25) is 0 Å². The van der Waals surface area contributed by atoms with Crippen LogP contribution in [0.1, 0.15) is 30.4 Å². The highest BCUT2D eigenvalue weighted by molar-refractivity contribution is 5.44. The molecule has 0 saturated heterocycles. The SMILES string of the molecule is COc1ccc(C2CC(C)Oc3ccccc32)cc1. The van der Waals surface area contributed by atoms with Crippen molar-refractivity contribution in [2.75, 3.05) is 7.11 Å². The van der Waals surface area contributed by atoms with E-state index in [0.29, 0.717) is 5.92 Å². The van der Waals surface area contributed by atoms with Crippen LogP contribution in [0.2, 0.25) is 0 Å². The zero-order valence-electron chi connectivity index (χ0n) is 11.3. The van der Waals surface area contributed by atoms with Gasteiger partial charge in [-0.1, -0.05) is 30.3 Å². The number of para-hydroxylation sites is 1. The van der Waals surface area contributed by atoms with Gasteiger partial charge in [-0.25, -0.2) is 0 Å². The van der Waals surface area contributed by atoms with Crippen LogP contribution in [0.15, 0.2) is 48.5 Å². The standard InChI is InChI=1S/C17H18O2/c1-12-11-16(13-7-9-14(18-2)10-8-13)15-5-3-4-6-17(15)19-12/h3-10,12,16H,11H2,1-2H3. The Hall–Kier alpha value is -1.96. The van der Waals surface area contributed by atoms with Crippen LogP contribution in [-0.2, 0) is 0 Å². The first-order valence-electron chi connectivity index (χ1n) is 6.67. The molecule has 2 heteroatoms. The van der Waals surface area contributed by atoms with Crippen molar-refractivity contribution in [2.45, 2.75) is 25.4 Å². The van der Waals surface area contributed by atoms with Crippen LogP contribution in [0.3, 0.4) is 0 Å². The predicted octanol–water partition coefficient (Wildman–Crippen LogP) is 4.00. The molecule has 0 saturated carbocycles. The van der Waals surface area contributed by atoms with Gasteiger partial charge in [0.05, 0.1) is 13.2 Å². The van der Waals surface area contributed by atoms with E-state index in [0.717, 1.165) is 17.9 Å². The molecule has 0 radical (unpaired) electrons. The number of hydrogen-bond acceptors (Lipinski definition) is 2. The van der Waals surface area contributed by atoms with Gasteiger partial charge >= 0.3 is 0 Å². The smallest absolute Gasteiger partial charge is 0.123 e. The maximum absolute atomic E-state index is 5.90. The average molecular weight is 254 g/mol. The normalized spacial score (nSPS) is 21.4. The summed E-state index contributed by atoms with van der Waals surface area (Å²) >= 11 is 0. The minimum atomic E-state index is 0.252. The molecule has 3 rings (SSSR count). The van der Waals surface area contributed by atoms with Gasteiger partial charge in [0.15, 0.2) is 0 Å². The summed E-state index contributed by atoms with van der Waals surface area (Å²) in [4.78, 5) is 0. The van der Waals surface area contributed by atoms with E-state index in [1.165, 1.54) is 11.1 Å². The van der Waals surface area contributed by atoms with E-state index >= 15 is 0 Å². The third kappa shape index (κ3) is 2.30. The summed E-state index contributed by atoms with van der Waals surface area (Å²) in [6, 6.07) is 16.7. The summed E-state index contributed by atoms with van der Waals surface area (Å²) in [7, 11) is 1.70. The summed E-state index contributed by atoms with van der Waals surface area (Å²) in [5, 5.41) is 0. The van der Waals surface area contributed by atoms with E-state index in [9.17, 15) is 0 Å². The van der Waals surface area contributed by atoms with Crippen molar-refractivity contribution in [3.63, 3.8) is 0 Å². The molecule has 2 aromatic carbocycles. The van der Waals surface area contributed by atoms with Gasteiger partial charge < -0.3 is 9.47 Å². The monoisotopic (exact) mass is 254 g/mol. The molecule has 0 N–H and O–H groups in total. The van der Waals surface area contributed by atoms with Crippen LogP contribution in [-0.4, -0.2) is 13.2 Å². The molecular formula is C17H18O2. The first-order chi connectivity index (χ1) is 9.28. The zero-order chi connectivity index (χ0) is 13.2. The fourth-order valence-corrected chi connectivity index (χ4v) is 2.75. The third-order valence-corrected chi connectivity index (χ3v) is 3.71. The Kier molecular flexibility index (Phi) is 3.16. The van der Waals surface area contributed by atoms with E-state index in [1.807, 2.05) is 18.2 Å². The Morgan fingerprint density at radius 2 is 1.79 bits per heavy atom. The summed E-state index contributed by atoms with van der Waals surface area (Å²) in [6.45, 7) is 2.13. The molecule has 0 amide bonds. The summed E-state index contributed by atoms with van der Waals surface area (Å²) in [5.74, 6) is 2.32. The van der Waals surface area contributed by atoms with Crippen LogP contribution in [0.25, 0.3) is 0 Å². The Labute approximate surface area is 114 Å². The fraction of sp³-hybridized carbons (Fsp3) is 0.294. The van der Waals surface area contributed by atoms with Gasteiger partial charge in [0.2, 0.25) is 0 Å². The number of hydrogen-bond donors (Lipinski definition) is 0. The van der Waals surface area contributed by atoms with Gasteiger partial charge in [-0.15, -0.1) is 0 Å². The van der Waals surface area contributed by atoms with Crippen molar-refractivity contribution in [3.8, 4) is 11.5 Å². The molecular weight excluding hydrogens is 236 g/mol. The summed E-state index contributed by atoms with van der Waals surface area (Å²) < 4.78 is 11.1. The first-order valence-corrected chi connectivity index (χ1v) is 6.67. The second kappa shape index (κ2) is 4.96. The van der Waals surface area contributed by atoms with Crippen molar-refractivity contribution < 1.29 is 9.47 Å². The molecule has 1 aliphatic heterocycles. The Bertz CT molecular complexity index is 560. The molecule has 2 nitrogen and oxygen atoms in total. The number of methoxy groups -OCH3 is 1. The minimum absolute atomic E-state index is 0.252. The second-order valence-corrected chi connectivity index (χ2v) is 5.03. The number of rotatable bonds is 2. The van der Waals surface area contributed by atoms with Crippen LogP contribution in [0.4, 0.5) is 0 Å². The number of ether oxygens (including phenoxy) is 2. The summed E-state index contributed by atoms with van der Waals surface area (Å²) in [5.41, 5.74) is 2.61. The quantitative estimate of drug-likeness (QED) is 0.806. The number of benzene rings is 2. The molecule has 19 heavy (non-hydrogen) atoms. The molecule has 0 aromatic heterocycles. The van der Waals surface area contributed by atoms with Gasteiger partial charge in [-0.05, 0) is 37.1 Å². The molecule has 0 aliphatic carbocycles. The van der Waals surface area contributed by atoms with E-state index in [2.05, 4.69) is 37.3 Å². The lowest BCUT2D eigenvalue weighted by Crippen LogP contribution is -2.23. The van der Waals surface area contributed by atoms with Gasteiger partial charge in [0.25, 0.3) is 0 Å². The van der Waals surface area contributed by atoms with Crippen molar-refractivity contribution in [1.29, 1.82) is 0 Å². The minimum Gasteiger partial charge on any atom is -0.497 e. The maximum atomic E-state index is 5.90. The van der Waals surface area contributed by atoms with E-state index in [1.54, 1.807) is 7.11 Å². The predicted molar refractivity (Wildman–Crippen MR) is 76.0 cm³/mol. The fourth-order valence-electron chi connectivity index (χ4n) is 2.75. The Morgan fingerprint density at radius 1 is 1.05 bits per heavy atom. The highest BCUT2D eigenvalue weighted by Gasteiger charge is 2.26. The average Bonchev–Trinajstić information content (AvgIpc) is 2.46. The highest BCUT2D eigenvalue weighted by atomic mass is 16.5. The zero-order valence-corrected chi connectivity index (χ0v) is 11.3. The van der Waals surface area contributed by atoms with E-state index in [-0.39, 0.29) is 6.10 Å². The van der Waals surface area contributed by atoms with Crippen LogP contribution in [0.5, 0.6) is 11.5 Å². The molecule has 0 bridgehead atoms. The Balaban J connectivity index is 1.99. The van der Waals surface area contributed by atoms with Crippen LogP contribution in [0, 0.1) is 0 Å². The van der Waals surface area contributed by atoms with Crippen LogP contribution >= 0.6 is 0 Å². The van der Waals surface area contributed by atoms with Crippen molar-refractivity contribution in [2.24, 2.45) is 0 Å². The van der Waals surface area contributed by atoms with E-state index in [4.69, 9.17) is 9.47 Å². The largest absolute Gasteiger partial charge is 0.497 e. The van der Waals surface area contributed by atoms with Gasteiger partial charge in [0.1, 0.15) is 11.5 Å². The molecule has 1 heterocycles.